The zero-order valence-corrected chi connectivity index (χ0v) is 16.2. The molecule has 0 saturated heterocycles. The second-order valence-corrected chi connectivity index (χ2v) is 6.47. The number of H-pyrrole nitrogens is 1. The molecule has 0 aliphatic heterocycles. The molecular formula is C22H15N9. The van der Waals surface area contributed by atoms with Gasteiger partial charge in [-0.2, -0.15) is 5.10 Å². The Morgan fingerprint density at radius 2 is 1.77 bits per heavy atom. The fraction of sp³-hybridized carbons (Fsp3) is 0.0455. The third-order valence-corrected chi connectivity index (χ3v) is 4.34. The molecule has 9 nitrogen and oxygen atoms in total. The van der Waals surface area contributed by atoms with E-state index < -0.39 is 0 Å². The number of benzene rings is 1. The van der Waals surface area contributed by atoms with E-state index in [-0.39, 0.29) is 0 Å². The molecule has 0 amide bonds. The first-order chi connectivity index (χ1) is 15.3. The van der Waals surface area contributed by atoms with E-state index in [2.05, 4.69) is 57.3 Å². The third kappa shape index (κ3) is 4.33. The summed E-state index contributed by atoms with van der Waals surface area (Å²) >= 11 is 0. The lowest BCUT2D eigenvalue weighted by atomic mass is 10.1. The SMILES string of the molecule is C(#Cc1ccnc(-c2ccnc(NCc3ncccn3)n2)n1)c1ccc2[nH]ncc2c1. The van der Waals surface area contributed by atoms with Crippen molar-refractivity contribution in [3.05, 3.63) is 84.5 Å². The molecule has 0 aliphatic rings. The van der Waals surface area contributed by atoms with Crippen molar-refractivity contribution in [1.29, 1.82) is 0 Å². The molecule has 0 fully saturated rings. The molecular weight excluding hydrogens is 390 g/mol. The highest BCUT2D eigenvalue weighted by Gasteiger charge is 2.06. The van der Waals surface area contributed by atoms with Gasteiger partial charge in [0.25, 0.3) is 0 Å². The van der Waals surface area contributed by atoms with Crippen LogP contribution >= 0.6 is 0 Å². The molecule has 0 saturated carbocycles. The van der Waals surface area contributed by atoms with Crippen molar-refractivity contribution in [1.82, 2.24) is 40.1 Å². The highest BCUT2D eigenvalue weighted by atomic mass is 15.1. The molecule has 0 atom stereocenters. The van der Waals surface area contributed by atoms with Crippen LogP contribution in [0.3, 0.4) is 0 Å². The number of hydrogen-bond donors (Lipinski definition) is 2. The molecule has 0 spiro atoms. The van der Waals surface area contributed by atoms with Gasteiger partial charge >= 0.3 is 0 Å². The van der Waals surface area contributed by atoms with E-state index in [0.717, 1.165) is 16.5 Å². The van der Waals surface area contributed by atoms with E-state index in [1.54, 1.807) is 49.2 Å². The van der Waals surface area contributed by atoms with Crippen molar-refractivity contribution >= 4 is 16.9 Å². The largest absolute Gasteiger partial charge is 0.347 e. The number of nitrogens with one attached hydrogen (secondary N) is 2. The summed E-state index contributed by atoms with van der Waals surface area (Å²) in [5.74, 6) is 7.78. The van der Waals surface area contributed by atoms with Crippen LogP contribution in [0.2, 0.25) is 0 Å². The number of aromatic nitrogens is 8. The van der Waals surface area contributed by atoms with Crippen molar-refractivity contribution in [2.24, 2.45) is 0 Å². The van der Waals surface area contributed by atoms with Crippen LogP contribution < -0.4 is 5.32 Å². The lowest BCUT2D eigenvalue weighted by Gasteiger charge is -2.05. The molecule has 4 aromatic heterocycles. The second kappa shape index (κ2) is 8.34. The predicted molar refractivity (Wildman–Crippen MR) is 114 cm³/mol. The first kappa shape index (κ1) is 18.3. The van der Waals surface area contributed by atoms with Gasteiger partial charge in [0.2, 0.25) is 5.95 Å². The molecule has 148 valence electrons. The second-order valence-electron chi connectivity index (χ2n) is 6.47. The quantitative estimate of drug-likeness (QED) is 0.438. The van der Waals surface area contributed by atoms with Crippen molar-refractivity contribution in [3.8, 4) is 23.4 Å². The summed E-state index contributed by atoms with van der Waals surface area (Å²) in [6.45, 7) is 0.414. The van der Waals surface area contributed by atoms with E-state index >= 15 is 0 Å². The average molecular weight is 405 g/mol. The Morgan fingerprint density at radius 1 is 0.871 bits per heavy atom. The summed E-state index contributed by atoms with van der Waals surface area (Å²) in [6.07, 6.45) is 8.47. The molecule has 5 aromatic rings. The van der Waals surface area contributed by atoms with Gasteiger partial charge in [0, 0.05) is 35.7 Å². The molecule has 1 aromatic carbocycles. The molecule has 5 rings (SSSR count). The van der Waals surface area contributed by atoms with Gasteiger partial charge in [-0.1, -0.05) is 5.92 Å². The standard InChI is InChI=1S/C22H15N9/c1-8-23-20(24-9-1)14-27-22-26-11-7-19(30-22)21-25-10-6-17(29-21)4-2-15-3-5-18-16(12-15)13-28-31-18/h1,3,5-13H,14H2,(H,28,31)(H,26,27,30). The number of aromatic amines is 1. The average Bonchev–Trinajstić information content (AvgIpc) is 3.30. The summed E-state index contributed by atoms with van der Waals surface area (Å²) in [4.78, 5) is 25.9. The number of anilines is 1. The Hall–Kier alpha value is -4.71. The molecule has 4 heterocycles. The summed E-state index contributed by atoms with van der Waals surface area (Å²) in [5, 5.41) is 11.1. The molecule has 2 N–H and O–H groups in total. The molecule has 9 heteroatoms. The van der Waals surface area contributed by atoms with Crippen LogP contribution in [0.4, 0.5) is 5.95 Å². The number of rotatable bonds is 4. The minimum absolute atomic E-state index is 0.414. The van der Waals surface area contributed by atoms with Crippen molar-refractivity contribution < 1.29 is 0 Å². The normalized spacial score (nSPS) is 10.5. The van der Waals surface area contributed by atoms with Crippen LogP contribution in [0, 0.1) is 11.8 Å². The Balaban J connectivity index is 1.35. The van der Waals surface area contributed by atoms with Crippen molar-refractivity contribution in [3.63, 3.8) is 0 Å². The first-order valence-electron chi connectivity index (χ1n) is 9.45. The van der Waals surface area contributed by atoms with E-state index in [0.29, 0.717) is 35.5 Å². The number of nitrogens with zero attached hydrogens (tertiary/aromatic N) is 7. The Labute approximate surface area is 177 Å². The minimum atomic E-state index is 0.414. The molecule has 0 bridgehead atoms. The highest BCUT2D eigenvalue weighted by molar-refractivity contribution is 5.79. The molecule has 0 radical (unpaired) electrons. The lowest BCUT2D eigenvalue weighted by molar-refractivity contribution is 0.928. The van der Waals surface area contributed by atoms with Crippen molar-refractivity contribution in [2.45, 2.75) is 6.54 Å². The van der Waals surface area contributed by atoms with E-state index in [1.807, 2.05) is 18.2 Å². The molecule has 0 unspecified atom stereocenters. The Bertz CT molecular complexity index is 1400. The summed E-state index contributed by atoms with van der Waals surface area (Å²) in [7, 11) is 0. The van der Waals surface area contributed by atoms with Crippen LogP contribution in [0.15, 0.2) is 67.4 Å². The summed E-state index contributed by atoms with van der Waals surface area (Å²) in [6, 6.07) is 11.2. The minimum Gasteiger partial charge on any atom is -0.347 e. The lowest BCUT2D eigenvalue weighted by Crippen LogP contribution is -2.07. The van der Waals surface area contributed by atoms with E-state index in [9.17, 15) is 0 Å². The van der Waals surface area contributed by atoms with Gasteiger partial charge in [-0.05, 0) is 42.3 Å². The summed E-state index contributed by atoms with van der Waals surface area (Å²) in [5.41, 5.74) is 3.05. The predicted octanol–water partition coefficient (Wildman–Crippen LogP) is 2.61. The van der Waals surface area contributed by atoms with Gasteiger partial charge < -0.3 is 5.32 Å². The van der Waals surface area contributed by atoms with Gasteiger partial charge in [-0.3, -0.25) is 5.10 Å². The monoisotopic (exact) mass is 405 g/mol. The maximum Gasteiger partial charge on any atom is 0.223 e. The topological polar surface area (TPSA) is 118 Å². The number of fused-ring (bicyclic) bond motifs is 1. The van der Waals surface area contributed by atoms with E-state index in [4.69, 9.17) is 0 Å². The zero-order valence-electron chi connectivity index (χ0n) is 16.2. The third-order valence-electron chi connectivity index (χ3n) is 4.34. The van der Waals surface area contributed by atoms with Crippen LogP contribution in [-0.4, -0.2) is 40.1 Å². The van der Waals surface area contributed by atoms with Crippen molar-refractivity contribution in [2.75, 3.05) is 5.32 Å². The zero-order chi connectivity index (χ0) is 20.9. The fourth-order valence-corrected chi connectivity index (χ4v) is 2.86. The Kier molecular flexibility index (Phi) is 4.93. The van der Waals surface area contributed by atoms with E-state index in [1.165, 1.54) is 0 Å². The van der Waals surface area contributed by atoms with Gasteiger partial charge in [0.1, 0.15) is 17.2 Å². The van der Waals surface area contributed by atoms with Gasteiger partial charge in [-0.25, -0.2) is 29.9 Å². The van der Waals surface area contributed by atoms with Gasteiger partial charge in [0.15, 0.2) is 5.82 Å². The smallest absolute Gasteiger partial charge is 0.223 e. The van der Waals surface area contributed by atoms with Crippen LogP contribution in [0.5, 0.6) is 0 Å². The summed E-state index contributed by atoms with van der Waals surface area (Å²) < 4.78 is 0. The molecule has 31 heavy (non-hydrogen) atoms. The van der Waals surface area contributed by atoms with Crippen LogP contribution in [-0.2, 0) is 6.54 Å². The first-order valence-corrected chi connectivity index (χ1v) is 9.45. The van der Waals surface area contributed by atoms with Gasteiger partial charge in [0.05, 0.1) is 18.3 Å². The van der Waals surface area contributed by atoms with Gasteiger partial charge in [-0.15, -0.1) is 0 Å². The van der Waals surface area contributed by atoms with Crippen LogP contribution in [0.25, 0.3) is 22.4 Å². The maximum absolute atomic E-state index is 4.52. The maximum atomic E-state index is 4.52. The highest BCUT2D eigenvalue weighted by Crippen LogP contribution is 2.14. The molecule has 0 aliphatic carbocycles. The fourth-order valence-electron chi connectivity index (χ4n) is 2.86. The number of hydrogen-bond acceptors (Lipinski definition) is 8. The van der Waals surface area contributed by atoms with Crippen LogP contribution in [0.1, 0.15) is 17.1 Å². The Morgan fingerprint density at radius 3 is 2.71 bits per heavy atom.